The van der Waals surface area contributed by atoms with Gasteiger partial charge >= 0.3 is 0 Å². The molecule has 0 aromatic heterocycles. The fourth-order valence-corrected chi connectivity index (χ4v) is 2.53. The van der Waals surface area contributed by atoms with Gasteiger partial charge in [0.25, 0.3) is 5.09 Å². The summed E-state index contributed by atoms with van der Waals surface area (Å²) in [7, 11) is 0. The molecule has 0 saturated heterocycles. The van der Waals surface area contributed by atoms with Crippen molar-refractivity contribution >= 4 is 5.91 Å². The zero-order chi connectivity index (χ0) is 18.9. The van der Waals surface area contributed by atoms with E-state index in [1.807, 2.05) is 30.3 Å². The topological polar surface area (TPSA) is 81.5 Å². The second-order valence-electron chi connectivity index (χ2n) is 5.88. The maximum Gasteiger partial charge on any atom is 0.294 e. The Balaban J connectivity index is 1.88. The van der Waals surface area contributed by atoms with Crippen molar-refractivity contribution < 1.29 is 19.1 Å². The summed E-state index contributed by atoms with van der Waals surface area (Å²) in [4.78, 5) is 26.4. The van der Waals surface area contributed by atoms with Gasteiger partial charge in [0.15, 0.2) is 0 Å². The number of rotatable bonds is 9. The maximum absolute atomic E-state index is 14.4. The van der Waals surface area contributed by atoms with Crippen LogP contribution in [0.4, 0.5) is 4.39 Å². The molecule has 26 heavy (non-hydrogen) atoms. The number of nitrogens with zero attached hydrogens (tertiary/aromatic N) is 1. The van der Waals surface area contributed by atoms with Crippen molar-refractivity contribution in [1.29, 1.82) is 0 Å². The number of halogens is 1. The third-order valence-electron chi connectivity index (χ3n) is 4.04. The SMILES string of the molecule is CC(C(=O)NCCCCO[N+](=O)[O-])c1ccc(-c2ccccc2)c(F)c1. The number of nitrogens with one attached hydrogen (secondary N) is 1. The van der Waals surface area contributed by atoms with Gasteiger partial charge in [-0.2, -0.15) is 0 Å². The van der Waals surface area contributed by atoms with Crippen LogP contribution in [0.25, 0.3) is 11.1 Å². The first-order chi connectivity index (χ1) is 12.5. The third kappa shape index (κ3) is 5.54. The van der Waals surface area contributed by atoms with Crippen LogP contribution in [-0.2, 0) is 9.63 Å². The van der Waals surface area contributed by atoms with Crippen LogP contribution < -0.4 is 5.32 Å². The first kappa shape index (κ1) is 19.4. The second kappa shape index (κ2) is 9.50. The number of amides is 1. The lowest BCUT2D eigenvalue weighted by Crippen LogP contribution is -2.29. The van der Waals surface area contributed by atoms with Crippen LogP contribution in [0.5, 0.6) is 0 Å². The molecule has 0 saturated carbocycles. The van der Waals surface area contributed by atoms with Gasteiger partial charge in [0.2, 0.25) is 5.91 Å². The van der Waals surface area contributed by atoms with E-state index in [-0.39, 0.29) is 18.3 Å². The van der Waals surface area contributed by atoms with Crippen molar-refractivity contribution in [2.45, 2.75) is 25.7 Å². The Labute approximate surface area is 151 Å². The van der Waals surface area contributed by atoms with Crippen LogP contribution in [0.3, 0.4) is 0 Å². The van der Waals surface area contributed by atoms with Gasteiger partial charge in [0, 0.05) is 12.1 Å². The maximum atomic E-state index is 14.4. The number of benzene rings is 2. The second-order valence-corrected chi connectivity index (χ2v) is 5.88. The number of carbonyl (C=O) groups excluding carboxylic acids is 1. The van der Waals surface area contributed by atoms with Gasteiger partial charge < -0.3 is 10.2 Å². The van der Waals surface area contributed by atoms with Gasteiger partial charge in [0.1, 0.15) is 5.82 Å². The standard InChI is InChI=1S/C19H21FN2O4/c1-14(19(23)21-11-5-6-12-26-22(24)25)16-9-10-17(18(20)13-16)15-7-3-2-4-8-15/h2-4,7-10,13-14H,5-6,11-12H2,1H3,(H,21,23). The van der Waals surface area contributed by atoms with Crippen LogP contribution in [0, 0.1) is 15.9 Å². The van der Waals surface area contributed by atoms with E-state index in [1.54, 1.807) is 19.1 Å². The van der Waals surface area contributed by atoms with Crippen molar-refractivity contribution in [2.75, 3.05) is 13.2 Å². The van der Waals surface area contributed by atoms with Crippen molar-refractivity contribution in [3.05, 3.63) is 70.0 Å². The number of hydrogen-bond acceptors (Lipinski definition) is 4. The Kier molecular flexibility index (Phi) is 7.08. The molecule has 0 spiro atoms. The van der Waals surface area contributed by atoms with Gasteiger partial charge in [0.05, 0.1) is 12.5 Å². The van der Waals surface area contributed by atoms with E-state index in [9.17, 15) is 19.3 Å². The minimum atomic E-state index is -0.839. The molecule has 1 N–H and O–H groups in total. The molecular formula is C19H21FN2O4. The Morgan fingerprint density at radius 3 is 2.62 bits per heavy atom. The highest BCUT2D eigenvalue weighted by Gasteiger charge is 2.16. The highest BCUT2D eigenvalue weighted by Crippen LogP contribution is 2.26. The van der Waals surface area contributed by atoms with Crippen molar-refractivity contribution in [1.82, 2.24) is 5.32 Å². The molecular weight excluding hydrogens is 339 g/mol. The van der Waals surface area contributed by atoms with Crippen molar-refractivity contribution in [3.63, 3.8) is 0 Å². The molecule has 0 heterocycles. The minimum absolute atomic E-state index is 0.00455. The van der Waals surface area contributed by atoms with E-state index in [2.05, 4.69) is 10.2 Å². The molecule has 2 rings (SSSR count). The summed E-state index contributed by atoms with van der Waals surface area (Å²) in [5.74, 6) is -1.08. The van der Waals surface area contributed by atoms with Gasteiger partial charge in [-0.15, -0.1) is 10.1 Å². The number of hydrogen-bond donors (Lipinski definition) is 1. The smallest absolute Gasteiger partial charge is 0.294 e. The quantitative estimate of drug-likeness (QED) is 0.420. The molecule has 0 radical (unpaired) electrons. The lowest BCUT2D eigenvalue weighted by molar-refractivity contribution is -0.757. The van der Waals surface area contributed by atoms with Crippen LogP contribution in [0.2, 0.25) is 0 Å². The van der Waals surface area contributed by atoms with E-state index in [1.165, 1.54) is 6.07 Å². The molecule has 2 aromatic rings. The fourth-order valence-electron chi connectivity index (χ4n) is 2.53. The molecule has 1 unspecified atom stereocenters. The highest BCUT2D eigenvalue weighted by molar-refractivity contribution is 5.83. The van der Waals surface area contributed by atoms with Crippen molar-refractivity contribution in [3.8, 4) is 11.1 Å². The van der Waals surface area contributed by atoms with Crippen LogP contribution in [0.1, 0.15) is 31.2 Å². The summed E-state index contributed by atoms with van der Waals surface area (Å²) in [6.07, 6.45) is 1.03. The average molecular weight is 360 g/mol. The number of unbranched alkanes of at least 4 members (excludes halogenated alkanes) is 1. The lowest BCUT2D eigenvalue weighted by Gasteiger charge is -2.14. The summed E-state index contributed by atoms with van der Waals surface area (Å²) >= 11 is 0. The molecule has 2 aromatic carbocycles. The van der Waals surface area contributed by atoms with Crippen LogP contribution in [-0.4, -0.2) is 24.1 Å². The van der Waals surface area contributed by atoms with E-state index < -0.39 is 11.0 Å². The monoisotopic (exact) mass is 360 g/mol. The van der Waals surface area contributed by atoms with Gasteiger partial charge in [-0.25, -0.2) is 4.39 Å². The third-order valence-corrected chi connectivity index (χ3v) is 4.04. The van der Waals surface area contributed by atoms with Gasteiger partial charge in [-0.1, -0.05) is 42.5 Å². The van der Waals surface area contributed by atoms with Crippen molar-refractivity contribution in [2.24, 2.45) is 0 Å². The molecule has 1 amide bonds. The van der Waals surface area contributed by atoms with E-state index >= 15 is 0 Å². The van der Waals surface area contributed by atoms with Crippen LogP contribution in [0.15, 0.2) is 48.5 Å². The summed E-state index contributed by atoms with van der Waals surface area (Å²) in [6, 6.07) is 14.0. The average Bonchev–Trinajstić information content (AvgIpc) is 2.64. The predicted molar refractivity (Wildman–Crippen MR) is 95.4 cm³/mol. The molecule has 0 aliphatic carbocycles. The molecule has 7 heteroatoms. The molecule has 1 atom stereocenters. The normalized spacial score (nSPS) is 11.6. The fraction of sp³-hybridized carbons (Fsp3) is 0.316. The molecule has 0 fully saturated rings. The zero-order valence-electron chi connectivity index (χ0n) is 14.5. The Hall–Kier alpha value is -2.96. The Morgan fingerprint density at radius 1 is 1.23 bits per heavy atom. The lowest BCUT2D eigenvalue weighted by atomic mass is 9.96. The minimum Gasteiger partial charge on any atom is -0.356 e. The predicted octanol–water partition coefficient (Wildman–Crippen LogP) is 3.70. The number of carbonyl (C=O) groups is 1. The molecule has 0 aliphatic heterocycles. The molecule has 0 bridgehead atoms. The summed E-state index contributed by atoms with van der Waals surface area (Å²) in [6.45, 7) is 2.10. The van der Waals surface area contributed by atoms with Gasteiger partial charge in [-0.3, -0.25) is 4.79 Å². The summed E-state index contributed by atoms with van der Waals surface area (Å²) < 4.78 is 14.4. The first-order valence-corrected chi connectivity index (χ1v) is 8.39. The molecule has 0 aliphatic rings. The Morgan fingerprint density at radius 2 is 1.96 bits per heavy atom. The van der Waals surface area contributed by atoms with Gasteiger partial charge in [-0.05, 0) is 37.0 Å². The molecule has 6 nitrogen and oxygen atoms in total. The first-order valence-electron chi connectivity index (χ1n) is 8.39. The largest absolute Gasteiger partial charge is 0.356 e. The van der Waals surface area contributed by atoms with E-state index in [0.29, 0.717) is 30.5 Å². The zero-order valence-corrected chi connectivity index (χ0v) is 14.5. The molecule has 138 valence electrons. The van der Waals surface area contributed by atoms with E-state index in [4.69, 9.17) is 0 Å². The van der Waals surface area contributed by atoms with Crippen LogP contribution >= 0.6 is 0 Å². The summed E-state index contributed by atoms with van der Waals surface area (Å²) in [5, 5.41) is 11.9. The highest BCUT2D eigenvalue weighted by atomic mass is 19.1. The summed E-state index contributed by atoms with van der Waals surface area (Å²) in [5.41, 5.74) is 1.87. The van der Waals surface area contributed by atoms with E-state index in [0.717, 1.165) is 5.56 Å². The Bertz CT molecular complexity index is 752.